The second-order valence-electron chi connectivity index (χ2n) is 6.06. The molecule has 1 aromatic heterocycles. The van der Waals surface area contributed by atoms with Gasteiger partial charge in [-0.2, -0.15) is 0 Å². The molecule has 0 atom stereocenters. The molecule has 2 aromatic rings. The molecule has 1 aromatic carbocycles. The van der Waals surface area contributed by atoms with Crippen molar-refractivity contribution in [2.45, 2.75) is 30.4 Å². The van der Waals surface area contributed by atoms with Crippen LogP contribution in [-0.4, -0.2) is 35.1 Å². The Morgan fingerprint density at radius 1 is 1.08 bits per heavy atom. The van der Waals surface area contributed by atoms with Crippen molar-refractivity contribution in [2.24, 2.45) is 0 Å². The van der Waals surface area contributed by atoms with Crippen LogP contribution in [0.4, 0.5) is 11.4 Å². The van der Waals surface area contributed by atoms with E-state index in [0.717, 1.165) is 0 Å². The number of carbonyl (C=O) groups excluding carboxylic acids is 2. The van der Waals surface area contributed by atoms with Gasteiger partial charge in [-0.25, -0.2) is 8.42 Å². The molecule has 0 aliphatic carbocycles. The minimum Gasteiger partial charge on any atom is -0.506 e. The quantitative estimate of drug-likeness (QED) is 0.684. The second-order valence-corrected chi connectivity index (χ2v) is 8.56. The number of aromatic hydroxyl groups is 1. The van der Waals surface area contributed by atoms with Gasteiger partial charge in [0.15, 0.2) is 9.84 Å². The predicted octanol–water partition coefficient (Wildman–Crippen LogP) is 1.94. The van der Waals surface area contributed by atoms with Gasteiger partial charge in [-0.3, -0.25) is 14.6 Å². The van der Waals surface area contributed by atoms with Gasteiger partial charge in [-0.05, 0) is 38.1 Å². The molecule has 0 unspecified atom stereocenters. The van der Waals surface area contributed by atoms with Gasteiger partial charge in [-0.15, -0.1) is 0 Å². The Bertz CT molecular complexity index is 940. The van der Waals surface area contributed by atoms with Crippen LogP contribution >= 0.6 is 0 Å². The number of anilines is 2. The molecule has 1 heterocycles. The summed E-state index contributed by atoms with van der Waals surface area (Å²) in [5.74, 6) is -1.38. The number of hydrogen-bond acceptors (Lipinski definition) is 6. The van der Waals surface area contributed by atoms with Crippen LogP contribution in [0.5, 0.6) is 5.75 Å². The molecule has 9 heteroatoms. The van der Waals surface area contributed by atoms with E-state index < -0.39 is 20.5 Å². The number of aromatic nitrogens is 1. The van der Waals surface area contributed by atoms with Crippen LogP contribution in [0.1, 0.15) is 20.8 Å². The van der Waals surface area contributed by atoms with Crippen molar-refractivity contribution in [2.75, 3.05) is 10.6 Å². The number of phenols is 1. The molecule has 0 spiro atoms. The number of carbonyl (C=O) groups is 2. The lowest BCUT2D eigenvalue weighted by molar-refractivity contribution is -0.118. The van der Waals surface area contributed by atoms with Crippen LogP contribution in [0.25, 0.3) is 0 Å². The summed E-state index contributed by atoms with van der Waals surface area (Å²) in [6.07, 6.45) is 2.67. The largest absolute Gasteiger partial charge is 0.506 e. The fraction of sp³-hybridized carbons (Fsp3) is 0.235. The van der Waals surface area contributed by atoms with Gasteiger partial charge in [-0.1, -0.05) is 0 Å². The van der Waals surface area contributed by atoms with Crippen molar-refractivity contribution >= 4 is 33.0 Å². The Balaban J connectivity index is 2.26. The average Bonchev–Trinajstić information content (AvgIpc) is 2.57. The van der Waals surface area contributed by atoms with Crippen molar-refractivity contribution in [3.63, 3.8) is 0 Å². The summed E-state index contributed by atoms with van der Waals surface area (Å²) in [5.41, 5.74) is 0.374. The van der Waals surface area contributed by atoms with Crippen LogP contribution in [0.2, 0.25) is 0 Å². The van der Waals surface area contributed by atoms with Crippen LogP contribution in [-0.2, 0) is 19.4 Å². The highest BCUT2D eigenvalue weighted by Gasteiger charge is 2.42. The second kappa shape index (κ2) is 7.12. The lowest BCUT2D eigenvalue weighted by Crippen LogP contribution is -2.44. The number of rotatable bonds is 5. The van der Waals surface area contributed by atoms with Crippen molar-refractivity contribution in [1.29, 1.82) is 0 Å². The fourth-order valence-electron chi connectivity index (χ4n) is 2.12. The first-order valence-electron chi connectivity index (χ1n) is 7.62. The summed E-state index contributed by atoms with van der Waals surface area (Å²) in [4.78, 5) is 27.4. The zero-order valence-electron chi connectivity index (χ0n) is 14.5. The minimum atomic E-state index is -3.96. The maximum absolute atomic E-state index is 12.7. The van der Waals surface area contributed by atoms with Gasteiger partial charge in [0.1, 0.15) is 10.5 Å². The van der Waals surface area contributed by atoms with Crippen LogP contribution in [0.15, 0.2) is 47.6 Å². The van der Waals surface area contributed by atoms with Gasteiger partial charge < -0.3 is 15.7 Å². The lowest BCUT2D eigenvalue weighted by atomic mass is 10.2. The third-order valence-electron chi connectivity index (χ3n) is 3.74. The van der Waals surface area contributed by atoms with E-state index in [2.05, 4.69) is 15.6 Å². The summed E-state index contributed by atoms with van der Waals surface area (Å²) in [6, 6.07) is 6.70. The summed E-state index contributed by atoms with van der Waals surface area (Å²) >= 11 is 0. The summed E-state index contributed by atoms with van der Waals surface area (Å²) in [6.45, 7) is 3.88. The number of benzene rings is 1. The number of hydrogen-bond donors (Lipinski definition) is 3. The lowest BCUT2D eigenvalue weighted by Gasteiger charge is -2.24. The highest BCUT2D eigenvalue weighted by molar-refractivity contribution is 7.93. The first kappa shape index (κ1) is 19.4. The molecule has 0 aliphatic rings. The topological polar surface area (TPSA) is 125 Å². The number of amides is 2. The number of pyridine rings is 1. The van der Waals surface area contributed by atoms with E-state index in [-0.39, 0.29) is 27.9 Å². The molecule has 3 N–H and O–H groups in total. The molecule has 0 fully saturated rings. The molecule has 2 rings (SSSR count). The third kappa shape index (κ3) is 3.83. The standard InChI is InChI=1S/C17H19N3O5S/c1-11(21)19-14-5-4-12(10-15(14)22)20-16(23)17(2,3)26(24,25)13-6-8-18-9-7-13/h4-10,22H,1-3H3,(H,19,21)(H,20,23). The number of sulfone groups is 1. The molecular formula is C17H19N3O5S. The van der Waals surface area contributed by atoms with E-state index in [1.807, 2.05) is 0 Å². The number of nitrogens with zero attached hydrogens (tertiary/aromatic N) is 1. The van der Waals surface area contributed by atoms with Crippen molar-refractivity contribution in [1.82, 2.24) is 4.98 Å². The SMILES string of the molecule is CC(=O)Nc1ccc(NC(=O)C(C)(C)S(=O)(=O)c2ccncc2)cc1O. The highest BCUT2D eigenvalue weighted by atomic mass is 32.2. The molecule has 26 heavy (non-hydrogen) atoms. The summed E-state index contributed by atoms with van der Waals surface area (Å²) < 4.78 is 23.7. The third-order valence-corrected chi connectivity index (χ3v) is 6.17. The number of phenolic OH excluding ortho intramolecular Hbond substituents is 1. The Morgan fingerprint density at radius 2 is 1.69 bits per heavy atom. The molecule has 0 bridgehead atoms. The predicted molar refractivity (Wildman–Crippen MR) is 96.5 cm³/mol. The van der Waals surface area contributed by atoms with Crippen LogP contribution in [0, 0.1) is 0 Å². The minimum absolute atomic E-state index is 0.0171. The monoisotopic (exact) mass is 377 g/mol. The van der Waals surface area contributed by atoms with Gasteiger partial charge in [0.2, 0.25) is 11.8 Å². The Hall–Kier alpha value is -2.94. The first-order chi connectivity index (χ1) is 12.1. The molecule has 2 amide bonds. The van der Waals surface area contributed by atoms with Crippen molar-refractivity contribution in [3.8, 4) is 5.75 Å². The van der Waals surface area contributed by atoms with E-state index in [1.165, 1.54) is 63.5 Å². The zero-order chi connectivity index (χ0) is 19.5. The van der Waals surface area contributed by atoms with E-state index in [1.54, 1.807) is 0 Å². The average molecular weight is 377 g/mol. The normalized spacial score (nSPS) is 11.7. The molecule has 8 nitrogen and oxygen atoms in total. The Kier molecular flexibility index (Phi) is 5.31. The molecular weight excluding hydrogens is 358 g/mol. The molecule has 0 saturated heterocycles. The van der Waals surface area contributed by atoms with Gasteiger partial charge in [0, 0.05) is 31.1 Å². The maximum atomic E-state index is 12.7. The van der Waals surface area contributed by atoms with E-state index in [0.29, 0.717) is 0 Å². The van der Waals surface area contributed by atoms with E-state index in [9.17, 15) is 23.1 Å². The Labute approximate surface area is 151 Å². The number of nitrogens with one attached hydrogen (secondary N) is 2. The van der Waals surface area contributed by atoms with E-state index >= 15 is 0 Å². The van der Waals surface area contributed by atoms with Gasteiger partial charge >= 0.3 is 0 Å². The Morgan fingerprint density at radius 3 is 2.23 bits per heavy atom. The van der Waals surface area contributed by atoms with Crippen molar-refractivity contribution < 1.29 is 23.1 Å². The zero-order valence-corrected chi connectivity index (χ0v) is 15.3. The molecule has 0 saturated carbocycles. The maximum Gasteiger partial charge on any atom is 0.245 e. The van der Waals surface area contributed by atoms with Crippen LogP contribution in [0.3, 0.4) is 0 Å². The summed E-state index contributed by atoms with van der Waals surface area (Å²) in [7, 11) is -3.96. The molecule has 0 aliphatic heterocycles. The van der Waals surface area contributed by atoms with Gasteiger partial charge in [0.05, 0.1) is 10.6 Å². The highest BCUT2D eigenvalue weighted by Crippen LogP contribution is 2.29. The van der Waals surface area contributed by atoms with Gasteiger partial charge in [0.25, 0.3) is 0 Å². The van der Waals surface area contributed by atoms with E-state index in [4.69, 9.17) is 0 Å². The smallest absolute Gasteiger partial charge is 0.245 e. The molecule has 0 radical (unpaired) electrons. The first-order valence-corrected chi connectivity index (χ1v) is 9.11. The fourth-order valence-corrected chi connectivity index (χ4v) is 3.48. The van der Waals surface area contributed by atoms with Crippen LogP contribution < -0.4 is 10.6 Å². The molecule has 138 valence electrons. The van der Waals surface area contributed by atoms with Crippen molar-refractivity contribution in [3.05, 3.63) is 42.7 Å². The summed E-state index contributed by atoms with van der Waals surface area (Å²) in [5, 5.41) is 14.8.